The maximum atomic E-state index is 13.2. The average Bonchev–Trinajstić information content (AvgIpc) is 2.66. The Kier molecular flexibility index (Phi) is 5.81. The van der Waals surface area contributed by atoms with Gasteiger partial charge in [0.15, 0.2) is 5.78 Å². The normalized spacial score (nSPS) is 25.6. The Morgan fingerprint density at radius 3 is 2.66 bits per heavy atom. The number of hydrogen-bond donors (Lipinski definition) is 0. The highest BCUT2D eigenvalue weighted by molar-refractivity contribution is 8.14. The van der Waals surface area contributed by atoms with E-state index in [1.54, 1.807) is 6.08 Å². The minimum Gasteiger partial charge on any atom is -0.549 e. The van der Waals surface area contributed by atoms with Crippen LogP contribution in [0.15, 0.2) is 59.2 Å². The molecular weight excluding hydrogens is 384 g/mol. The van der Waals surface area contributed by atoms with E-state index in [4.69, 9.17) is 4.99 Å². The van der Waals surface area contributed by atoms with E-state index < -0.39 is 17.3 Å². The standard InChI is InChI=1S/C23H24N2O3S/c1-4-10-23(14-24)20(15-8-6-5-7-9-15)19-16(11-22(2,3)12-17(19)26)25-21(23)29-13-18(27)28/h4-9,20H,1,10-13H2,2-3H3,(H,27,28)/p-1/t20-,23-/m1/s1. The van der Waals surface area contributed by atoms with Crippen molar-refractivity contribution < 1.29 is 14.7 Å². The fourth-order valence-corrected chi connectivity index (χ4v) is 5.23. The molecule has 1 aromatic carbocycles. The van der Waals surface area contributed by atoms with Crippen LogP contribution in [-0.4, -0.2) is 22.5 Å². The predicted molar refractivity (Wildman–Crippen MR) is 112 cm³/mol. The molecule has 6 heteroatoms. The highest BCUT2D eigenvalue weighted by Crippen LogP contribution is 2.55. The summed E-state index contributed by atoms with van der Waals surface area (Å²) in [5.41, 5.74) is 0.667. The molecule has 0 spiro atoms. The largest absolute Gasteiger partial charge is 0.549 e. The second-order valence-electron chi connectivity index (χ2n) is 8.30. The zero-order valence-corrected chi connectivity index (χ0v) is 17.4. The van der Waals surface area contributed by atoms with Crippen molar-refractivity contribution in [3.05, 3.63) is 59.8 Å². The molecule has 2 atom stereocenters. The van der Waals surface area contributed by atoms with Gasteiger partial charge in [-0.15, -0.1) is 18.3 Å². The highest BCUT2D eigenvalue weighted by Gasteiger charge is 2.52. The van der Waals surface area contributed by atoms with Crippen LogP contribution in [0.3, 0.4) is 0 Å². The van der Waals surface area contributed by atoms with Gasteiger partial charge in [-0.1, -0.05) is 50.3 Å². The molecule has 2 aliphatic rings. The minimum absolute atomic E-state index is 0.00138. The number of carboxylic acids is 1. The molecule has 0 fully saturated rings. The first-order valence-corrected chi connectivity index (χ1v) is 10.5. The predicted octanol–water partition coefficient (Wildman–Crippen LogP) is 3.39. The maximum Gasteiger partial charge on any atom is 0.161 e. The Morgan fingerprint density at radius 2 is 2.07 bits per heavy atom. The molecule has 0 unspecified atom stereocenters. The number of carbonyl (C=O) groups excluding carboxylic acids is 2. The van der Waals surface area contributed by atoms with Gasteiger partial charge in [0.1, 0.15) is 5.41 Å². The molecule has 0 N–H and O–H groups in total. The van der Waals surface area contributed by atoms with Crippen LogP contribution in [0.25, 0.3) is 0 Å². The van der Waals surface area contributed by atoms with Crippen molar-refractivity contribution in [3.63, 3.8) is 0 Å². The lowest BCUT2D eigenvalue weighted by Gasteiger charge is -2.44. The number of hydrogen-bond acceptors (Lipinski definition) is 6. The van der Waals surface area contributed by atoms with Gasteiger partial charge in [-0.25, -0.2) is 4.99 Å². The van der Waals surface area contributed by atoms with E-state index >= 15 is 0 Å². The van der Waals surface area contributed by atoms with Crippen molar-refractivity contribution in [3.8, 4) is 6.07 Å². The van der Waals surface area contributed by atoms with Crippen LogP contribution in [0, 0.1) is 22.2 Å². The van der Waals surface area contributed by atoms with Crippen molar-refractivity contribution in [2.75, 3.05) is 5.75 Å². The summed E-state index contributed by atoms with van der Waals surface area (Å²) in [5, 5.41) is 21.9. The van der Waals surface area contributed by atoms with E-state index in [1.165, 1.54) is 0 Å². The number of nitrogens with zero attached hydrogens (tertiary/aromatic N) is 2. The molecular formula is C23H23N2O3S-. The molecule has 0 amide bonds. The summed E-state index contributed by atoms with van der Waals surface area (Å²) in [7, 11) is 0. The maximum absolute atomic E-state index is 13.2. The summed E-state index contributed by atoms with van der Waals surface area (Å²) < 4.78 is 0. The van der Waals surface area contributed by atoms with E-state index in [0.29, 0.717) is 29.2 Å². The zero-order valence-electron chi connectivity index (χ0n) is 16.6. The Bertz CT molecular complexity index is 956. The van der Waals surface area contributed by atoms with Crippen LogP contribution in [0.2, 0.25) is 0 Å². The fraction of sp³-hybridized carbons (Fsp3) is 0.391. The third-order valence-corrected chi connectivity index (χ3v) is 6.53. The number of carboxylic acid groups (broad SMARTS) is 1. The molecule has 5 nitrogen and oxygen atoms in total. The van der Waals surface area contributed by atoms with E-state index in [1.807, 2.05) is 44.2 Å². The third-order valence-electron chi connectivity index (χ3n) is 5.42. The van der Waals surface area contributed by atoms with Crippen LogP contribution in [0.1, 0.15) is 44.6 Å². The Balaban J connectivity index is 2.28. The Hall–Kier alpha value is -2.65. The summed E-state index contributed by atoms with van der Waals surface area (Å²) in [6.45, 7) is 7.85. The van der Waals surface area contributed by atoms with Crippen molar-refractivity contribution in [2.45, 2.75) is 39.0 Å². The zero-order chi connectivity index (χ0) is 21.2. The van der Waals surface area contributed by atoms with Crippen molar-refractivity contribution >= 4 is 28.6 Å². The number of aliphatic imine (C=N–C) groups is 1. The van der Waals surface area contributed by atoms with Gasteiger partial charge in [-0.2, -0.15) is 5.26 Å². The van der Waals surface area contributed by atoms with Crippen LogP contribution in [0.4, 0.5) is 0 Å². The SMILES string of the molecule is C=CC[C@]1(C#N)C(SCC(=O)[O-])=NC2=C(C(=O)CC(C)(C)C2)[C@H]1c1ccccc1. The first-order chi connectivity index (χ1) is 13.7. The van der Waals surface area contributed by atoms with Gasteiger partial charge in [0.05, 0.1) is 17.1 Å². The van der Waals surface area contributed by atoms with E-state index in [2.05, 4.69) is 12.6 Å². The lowest BCUT2D eigenvalue weighted by Crippen LogP contribution is -2.43. The van der Waals surface area contributed by atoms with Gasteiger partial charge in [-0.05, 0) is 23.8 Å². The first-order valence-electron chi connectivity index (χ1n) is 9.49. The van der Waals surface area contributed by atoms with E-state index in [9.17, 15) is 20.0 Å². The number of allylic oxidation sites excluding steroid dienone is 3. The molecule has 29 heavy (non-hydrogen) atoms. The average molecular weight is 408 g/mol. The van der Waals surface area contributed by atoms with Crippen molar-refractivity contribution in [1.29, 1.82) is 5.26 Å². The molecule has 0 saturated carbocycles. The smallest absolute Gasteiger partial charge is 0.161 e. The number of rotatable bonds is 5. The molecule has 0 bridgehead atoms. The molecule has 0 saturated heterocycles. The molecule has 0 radical (unpaired) electrons. The molecule has 150 valence electrons. The number of ketones is 1. The van der Waals surface area contributed by atoms with Gasteiger partial charge in [0.25, 0.3) is 0 Å². The molecule has 3 rings (SSSR count). The number of nitriles is 1. The van der Waals surface area contributed by atoms with E-state index in [0.717, 1.165) is 17.3 Å². The Labute approximate surface area is 175 Å². The molecule has 1 heterocycles. The van der Waals surface area contributed by atoms with Gasteiger partial charge < -0.3 is 9.90 Å². The number of benzene rings is 1. The third kappa shape index (κ3) is 3.92. The second kappa shape index (κ2) is 8.00. The molecule has 1 aliphatic heterocycles. The minimum atomic E-state index is -1.22. The van der Waals surface area contributed by atoms with Crippen LogP contribution < -0.4 is 5.11 Å². The molecule has 1 aromatic rings. The lowest BCUT2D eigenvalue weighted by molar-refractivity contribution is -0.301. The van der Waals surface area contributed by atoms with Crippen LogP contribution in [0.5, 0.6) is 0 Å². The van der Waals surface area contributed by atoms with Crippen LogP contribution >= 0.6 is 11.8 Å². The summed E-state index contributed by atoms with van der Waals surface area (Å²) in [6, 6.07) is 11.8. The van der Waals surface area contributed by atoms with Crippen molar-refractivity contribution in [2.24, 2.45) is 15.8 Å². The van der Waals surface area contributed by atoms with E-state index in [-0.39, 0.29) is 23.4 Å². The first kappa shape index (κ1) is 21.1. The molecule has 1 aliphatic carbocycles. The van der Waals surface area contributed by atoms with Gasteiger partial charge in [-0.3, -0.25) is 4.79 Å². The van der Waals surface area contributed by atoms with Crippen LogP contribution in [-0.2, 0) is 9.59 Å². The number of Topliss-reactive ketones (excluding diaryl/α,β-unsaturated/α-hetero) is 1. The number of thioether (sulfide) groups is 1. The second-order valence-corrected chi connectivity index (χ2v) is 9.26. The monoisotopic (exact) mass is 407 g/mol. The lowest BCUT2D eigenvalue weighted by atomic mass is 9.61. The summed E-state index contributed by atoms with van der Waals surface area (Å²) >= 11 is 1.00. The molecule has 0 aromatic heterocycles. The Morgan fingerprint density at radius 1 is 1.38 bits per heavy atom. The van der Waals surface area contributed by atoms with Gasteiger partial charge in [0, 0.05) is 29.4 Å². The summed E-state index contributed by atoms with van der Waals surface area (Å²) in [4.78, 5) is 29.1. The van der Waals surface area contributed by atoms with Gasteiger partial charge >= 0.3 is 0 Å². The topological polar surface area (TPSA) is 93.3 Å². The summed E-state index contributed by atoms with van der Waals surface area (Å²) in [5.74, 6) is -2.05. The number of carbonyl (C=O) groups is 2. The fourth-order valence-electron chi connectivity index (χ4n) is 4.30. The highest BCUT2D eigenvalue weighted by atomic mass is 32.2. The van der Waals surface area contributed by atoms with Crippen molar-refractivity contribution in [1.82, 2.24) is 0 Å². The van der Waals surface area contributed by atoms with Gasteiger partial charge in [0.2, 0.25) is 0 Å². The summed E-state index contributed by atoms with van der Waals surface area (Å²) in [6.07, 6.45) is 2.89. The quantitative estimate of drug-likeness (QED) is 0.698. The number of aliphatic carboxylic acids is 1.